The Morgan fingerprint density at radius 2 is 2.04 bits per heavy atom. The van der Waals surface area contributed by atoms with Crippen molar-refractivity contribution < 1.29 is 13.9 Å². The maximum absolute atomic E-state index is 13.5. The van der Waals surface area contributed by atoms with Crippen LogP contribution in [0.2, 0.25) is 0 Å². The minimum Gasteiger partial charge on any atom is -0.379 e. The van der Waals surface area contributed by atoms with E-state index in [9.17, 15) is 9.18 Å². The van der Waals surface area contributed by atoms with Crippen molar-refractivity contribution in [2.24, 2.45) is 5.92 Å². The van der Waals surface area contributed by atoms with Gasteiger partial charge in [-0.05, 0) is 18.1 Å². The van der Waals surface area contributed by atoms with Crippen molar-refractivity contribution in [3.05, 3.63) is 30.1 Å². The molecule has 6 heteroatoms. The van der Waals surface area contributed by atoms with Crippen LogP contribution in [-0.4, -0.2) is 55.4 Å². The van der Waals surface area contributed by atoms with Gasteiger partial charge in [0.05, 0.1) is 19.0 Å². The van der Waals surface area contributed by atoms with E-state index in [2.05, 4.69) is 24.1 Å². The maximum atomic E-state index is 13.5. The SMILES string of the molecule is CC(C)C(CNC(=O)CSc1ccccc1F)N1CCOCC1. The molecule has 1 amide bonds. The predicted molar refractivity (Wildman–Crippen MR) is 91.2 cm³/mol. The number of carbonyl (C=O) groups excluding carboxylic acids is 1. The number of nitrogens with zero attached hydrogens (tertiary/aromatic N) is 1. The molecule has 1 aromatic rings. The monoisotopic (exact) mass is 340 g/mol. The third-order valence-corrected chi connectivity index (χ3v) is 5.04. The lowest BCUT2D eigenvalue weighted by Gasteiger charge is -2.36. The Morgan fingerprint density at radius 3 is 2.70 bits per heavy atom. The van der Waals surface area contributed by atoms with Crippen LogP contribution in [0.15, 0.2) is 29.2 Å². The summed E-state index contributed by atoms with van der Waals surface area (Å²) in [7, 11) is 0. The minimum atomic E-state index is -0.279. The van der Waals surface area contributed by atoms with Crippen LogP contribution in [0.25, 0.3) is 0 Å². The van der Waals surface area contributed by atoms with Crippen LogP contribution in [-0.2, 0) is 9.53 Å². The van der Waals surface area contributed by atoms with Crippen LogP contribution in [0, 0.1) is 11.7 Å². The van der Waals surface area contributed by atoms with E-state index in [0.717, 1.165) is 26.3 Å². The fourth-order valence-electron chi connectivity index (χ4n) is 2.67. The average molecular weight is 340 g/mol. The standard InChI is InChI=1S/C17H25FN2O2S/c1-13(2)15(20-7-9-22-10-8-20)11-19-17(21)12-23-16-6-4-3-5-14(16)18/h3-6,13,15H,7-12H2,1-2H3,(H,19,21). The first kappa shape index (κ1) is 18.2. The number of benzene rings is 1. The number of nitrogens with one attached hydrogen (secondary N) is 1. The summed E-state index contributed by atoms with van der Waals surface area (Å²) in [5, 5.41) is 2.99. The van der Waals surface area contributed by atoms with Crippen molar-refractivity contribution in [2.45, 2.75) is 24.8 Å². The molecule has 1 heterocycles. The summed E-state index contributed by atoms with van der Waals surface area (Å²) in [5.74, 6) is 0.345. The van der Waals surface area contributed by atoms with Gasteiger partial charge in [0.2, 0.25) is 5.91 Å². The van der Waals surface area contributed by atoms with E-state index in [0.29, 0.717) is 23.4 Å². The summed E-state index contributed by atoms with van der Waals surface area (Å²) < 4.78 is 18.9. The molecule has 2 rings (SSSR count). The number of morpholine rings is 1. The predicted octanol–water partition coefficient (Wildman–Crippen LogP) is 2.39. The van der Waals surface area contributed by atoms with Gasteiger partial charge in [-0.25, -0.2) is 4.39 Å². The van der Waals surface area contributed by atoms with E-state index in [1.807, 2.05) is 0 Å². The van der Waals surface area contributed by atoms with Gasteiger partial charge in [0.25, 0.3) is 0 Å². The van der Waals surface area contributed by atoms with E-state index < -0.39 is 0 Å². The number of ether oxygens (including phenoxy) is 1. The Hall–Kier alpha value is -1.11. The van der Waals surface area contributed by atoms with E-state index >= 15 is 0 Å². The summed E-state index contributed by atoms with van der Waals surface area (Å²) in [6.07, 6.45) is 0. The summed E-state index contributed by atoms with van der Waals surface area (Å²) >= 11 is 1.23. The second-order valence-electron chi connectivity index (χ2n) is 5.98. The third kappa shape index (κ3) is 5.79. The zero-order valence-corrected chi connectivity index (χ0v) is 14.6. The fourth-order valence-corrected chi connectivity index (χ4v) is 3.44. The summed E-state index contributed by atoms with van der Waals surface area (Å²) in [6, 6.07) is 6.83. The average Bonchev–Trinajstić information content (AvgIpc) is 2.55. The Morgan fingerprint density at radius 1 is 1.35 bits per heavy atom. The van der Waals surface area contributed by atoms with Gasteiger partial charge in [-0.15, -0.1) is 11.8 Å². The van der Waals surface area contributed by atoms with Crippen molar-refractivity contribution in [2.75, 3.05) is 38.6 Å². The molecular weight excluding hydrogens is 315 g/mol. The molecule has 0 radical (unpaired) electrons. The zero-order valence-electron chi connectivity index (χ0n) is 13.8. The Labute approximate surface area is 141 Å². The molecule has 1 saturated heterocycles. The lowest BCUT2D eigenvalue weighted by molar-refractivity contribution is -0.119. The van der Waals surface area contributed by atoms with Crippen LogP contribution in [0.5, 0.6) is 0 Å². The van der Waals surface area contributed by atoms with Gasteiger partial charge < -0.3 is 10.1 Å². The van der Waals surface area contributed by atoms with Crippen LogP contribution in [0.1, 0.15) is 13.8 Å². The highest BCUT2D eigenvalue weighted by Crippen LogP contribution is 2.20. The third-order valence-electron chi connectivity index (χ3n) is 3.99. The smallest absolute Gasteiger partial charge is 0.230 e. The molecule has 0 saturated carbocycles. The van der Waals surface area contributed by atoms with Crippen LogP contribution in [0.3, 0.4) is 0 Å². The molecule has 1 N–H and O–H groups in total. The second kappa shape index (κ2) is 9.25. The molecule has 1 aliphatic rings. The quantitative estimate of drug-likeness (QED) is 0.774. The largest absolute Gasteiger partial charge is 0.379 e. The Kier molecular flexibility index (Phi) is 7.33. The van der Waals surface area contributed by atoms with Gasteiger partial charge in [-0.3, -0.25) is 9.69 Å². The van der Waals surface area contributed by atoms with Crippen molar-refractivity contribution in [1.29, 1.82) is 0 Å². The van der Waals surface area contributed by atoms with Gasteiger partial charge in [0.15, 0.2) is 0 Å². The molecular formula is C17H25FN2O2S. The number of hydrogen-bond acceptors (Lipinski definition) is 4. The first-order valence-electron chi connectivity index (χ1n) is 8.03. The van der Waals surface area contributed by atoms with E-state index in [1.165, 1.54) is 17.8 Å². The molecule has 0 spiro atoms. The second-order valence-corrected chi connectivity index (χ2v) is 7.00. The number of rotatable bonds is 7. The molecule has 1 unspecified atom stereocenters. The van der Waals surface area contributed by atoms with Crippen LogP contribution in [0.4, 0.5) is 4.39 Å². The van der Waals surface area contributed by atoms with Crippen LogP contribution < -0.4 is 5.32 Å². The molecule has 1 atom stereocenters. The number of hydrogen-bond donors (Lipinski definition) is 1. The number of amides is 1. The van der Waals surface area contributed by atoms with E-state index in [4.69, 9.17) is 4.74 Å². The van der Waals surface area contributed by atoms with Gasteiger partial charge in [0.1, 0.15) is 5.82 Å². The Balaban J connectivity index is 1.78. The highest BCUT2D eigenvalue weighted by atomic mass is 32.2. The number of carbonyl (C=O) groups is 1. The first-order valence-corrected chi connectivity index (χ1v) is 9.02. The van der Waals surface area contributed by atoms with Crippen molar-refractivity contribution in [3.8, 4) is 0 Å². The lowest BCUT2D eigenvalue weighted by atomic mass is 10.0. The molecule has 0 bridgehead atoms. The van der Waals surface area contributed by atoms with Crippen molar-refractivity contribution in [1.82, 2.24) is 10.2 Å². The molecule has 0 aliphatic carbocycles. The number of thioether (sulfide) groups is 1. The van der Waals surface area contributed by atoms with Gasteiger partial charge in [0, 0.05) is 30.6 Å². The Bertz CT molecular complexity index is 507. The maximum Gasteiger partial charge on any atom is 0.230 e. The topological polar surface area (TPSA) is 41.6 Å². The first-order chi connectivity index (χ1) is 11.1. The van der Waals surface area contributed by atoms with Gasteiger partial charge in [-0.1, -0.05) is 26.0 Å². The highest BCUT2D eigenvalue weighted by molar-refractivity contribution is 8.00. The molecule has 23 heavy (non-hydrogen) atoms. The van der Waals surface area contributed by atoms with Gasteiger partial charge >= 0.3 is 0 Å². The molecule has 1 aromatic carbocycles. The number of halogens is 1. The van der Waals surface area contributed by atoms with Crippen molar-refractivity contribution in [3.63, 3.8) is 0 Å². The highest BCUT2D eigenvalue weighted by Gasteiger charge is 2.24. The van der Waals surface area contributed by atoms with Crippen LogP contribution >= 0.6 is 11.8 Å². The molecule has 1 aliphatic heterocycles. The zero-order chi connectivity index (χ0) is 16.7. The lowest BCUT2D eigenvalue weighted by Crippen LogP contribution is -2.51. The van der Waals surface area contributed by atoms with E-state index in [1.54, 1.807) is 18.2 Å². The minimum absolute atomic E-state index is 0.0582. The molecule has 1 fully saturated rings. The fraction of sp³-hybridized carbons (Fsp3) is 0.588. The summed E-state index contributed by atoms with van der Waals surface area (Å²) in [6.45, 7) is 8.26. The molecule has 4 nitrogen and oxygen atoms in total. The normalized spacial score (nSPS) is 17.2. The van der Waals surface area contributed by atoms with Crippen molar-refractivity contribution >= 4 is 17.7 Å². The van der Waals surface area contributed by atoms with Gasteiger partial charge in [-0.2, -0.15) is 0 Å². The molecule has 0 aromatic heterocycles. The summed E-state index contributed by atoms with van der Waals surface area (Å²) in [4.78, 5) is 14.9. The summed E-state index contributed by atoms with van der Waals surface area (Å²) in [5.41, 5.74) is 0. The van der Waals surface area contributed by atoms with E-state index in [-0.39, 0.29) is 17.5 Å². The molecule has 128 valence electrons.